The molecular weight excluding hydrogens is 372 g/mol. The summed E-state index contributed by atoms with van der Waals surface area (Å²) in [4.78, 5) is 11.5. The maximum Gasteiger partial charge on any atom is 0.303 e. The largest absolute Gasteiger partial charge is 0.457 e. The molecule has 0 aromatic heterocycles. The summed E-state index contributed by atoms with van der Waals surface area (Å²) in [6.45, 7) is 9.92. The Morgan fingerprint density at radius 2 is 1.96 bits per heavy atom. The zero-order valence-electron chi connectivity index (χ0n) is 17.2. The first-order valence-corrected chi connectivity index (χ1v) is 9.81. The van der Waals surface area contributed by atoms with Crippen LogP contribution in [0.2, 0.25) is 0 Å². The molecule has 0 bridgehead atoms. The standard InChI is InChI=1S/C19H32O9/c1-10-6-22-18(15(11(10)2)27-12(3)20)23-7-13(21)16-17(25-9-24-16)14-8-26-19(4,5)28-14/h10-11,13-18,21H,6-9H2,1-5H3/t10-,11-,13-,14-,15+,16-,17-,18-/m1/s1. The van der Waals surface area contributed by atoms with Crippen molar-refractivity contribution >= 4 is 5.97 Å². The molecule has 0 aliphatic carbocycles. The molecule has 28 heavy (non-hydrogen) atoms. The molecule has 0 aromatic carbocycles. The van der Waals surface area contributed by atoms with Crippen molar-refractivity contribution in [3.05, 3.63) is 0 Å². The second kappa shape index (κ2) is 8.91. The number of aliphatic hydroxyl groups is 1. The fourth-order valence-corrected chi connectivity index (χ4v) is 3.76. The van der Waals surface area contributed by atoms with Crippen LogP contribution in [0, 0.1) is 11.8 Å². The van der Waals surface area contributed by atoms with Crippen molar-refractivity contribution in [2.24, 2.45) is 11.8 Å². The second-order valence-electron chi connectivity index (χ2n) is 8.26. The maximum atomic E-state index is 11.5. The average Bonchev–Trinajstić information content (AvgIpc) is 3.24. The first-order valence-electron chi connectivity index (χ1n) is 9.81. The Hall–Kier alpha value is -0.810. The van der Waals surface area contributed by atoms with E-state index in [2.05, 4.69) is 0 Å². The van der Waals surface area contributed by atoms with Crippen LogP contribution in [0.1, 0.15) is 34.6 Å². The SMILES string of the molecule is CC(=O)O[C@@H]1[C@@H](OC[C@@H](O)[C@H]2OCO[C@@H]2[C@H]2COC(C)(C)O2)OC[C@@H](C)[C@H]1C. The van der Waals surface area contributed by atoms with E-state index >= 15 is 0 Å². The number of aliphatic hydroxyl groups excluding tert-OH is 1. The third-order valence-corrected chi connectivity index (χ3v) is 5.56. The van der Waals surface area contributed by atoms with Crippen LogP contribution in [0.5, 0.6) is 0 Å². The molecule has 0 aromatic rings. The molecule has 0 saturated carbocycles. The van der Waals surface area contributed by atoms with E-state index < -0.39 is 42.5 Å². The van der Waals surface area contributed by atoms with Gasteiger partial charge in [-0.25, -0.2) is 0 Å². The molecule has 3 aliphatic heterocycles. The number of ether oxygens (including phenoxy) is 7. The summed E-state index contributed by atoms with van der Waals surface area (Å²) in [6.07, 6.45) is -3.65. The molecule has 9 nitrogen and oxygen atoms in total. The van der Waals surface area contributed by atoms with Crippen LogP contribution in [-0.4, -0.2) is 80.3 Å². The first-order chi connectivity index (χ1) is 13.2. The fraction of sp³-hybridized carbons (Fsp3) is 0.947. The highest BCUT2D eigenvalue weighted by atomic mass is 16.8. The van der Waals surface area contributed by atoms with Gasteiger partial charge in [-0.1, -0.05) is 13.8 Å². The summed E-state index contributed by atoms with van der Waals surface area (Å²) in [5.41, 5.74) is 0. The van der Waals surface area contributed by atoms with Gasteiger partial charge >= 0.3 is 5.97 Å². The number of hydrogen-bond acceptors (Lipinski definition) is 9. The lowest BCUT2D eigenvalue weighted by molar-refractivity contribution is -0.259. The Morgan fingerprint density at radius 3 is 2.61 bits per heavy atom. The van der Waals surface area contributed by atoms with Gasteiger partial charge in [0.25, 0.3) is 0 Å². The minimum absolute atomic E-state index is 0.0506. The van der Waals surface area contributed by atoms with Crippen molar-refractivity contribution in [2.45, 2.75) is 77.2 Å². The van der Waals surface area contributed by atoms with Gasteiger partial charge in [0, 0.05) is 12.8 Å². The van der Waals surface area contributed by atoms with Crippen molar-refractivity contribution in [3.8, 4) is 0 Å². The Bertz CT molecular complexity index is 539. The van der Waals surface area contributed by atoms with E-state index in [1.54, 1.807) is 0 Å². The second-order valence-corrected chi connectivity index (χ2v) is 8.26. The van der Waals surface area contributed by atoms with Crippen LogP contribution >= 0.6 is 0 Å². The van der Waals surface area contributed by atoms with Crippen LogP contribution in [-0.2, 0) is 38.0 Å². The third kappa shape index (κ3) is 5.02. The fourth-order valence-electron chi connectivity index (χ4n) is 3.76. The number of carbonyl (C=O) groups excluding carboxylic acids is 1. The van der Waals surface area contributed by atoms with Gasteiger partial charge in [0.1, 0.15) is 31.2 Å². The Morgan fingerprint density at radius 1 is 1.21 bits per heavy atom. The van der Waals surface area contributed by atoms with E-state index in [9.17, 15) is 9.90 Å². The topological polar surface area (TPSA) is 102 Å². The molecule has 9 heteroatoms. The van der Waals surface area contributed by atoms with Gasteiger partial charge in [0.05, 0.1) is 19.8 Å². The minimum atomic E-state index is -0.962. The smallest absolute Gasteiger partial charge is 0.303 e. The molecule has 3 aliphatic rings. The molecule has 0 radical (unpaired) electrons. The monoisotopic (exact) mass is 404 g/mol. The molecule has 3 fully saturated rings. The number of carbonyl (C=O) groups is 1. The number of esters is 1. The normalized spacial score (nSPS) is 41.7. The highest BCUT2D eigenvalue weighted by molar-refractivity contribution is 5.66. The Balaban J connectivity index is 1.56. The summed E-state index contributed by atoms with van der Waals surface area (Å²) in [5, 5.41) is 10.6. The summed E-state index contributed by atoms with van der Waals surface area (Å²) in [6, 6.07) is 0. The van der Waals surface area contributed by atoms with E-state index in [1.807, 2.05) is 27.7 Å². The summed E-state index contributed by atoms with van der Waals surface area (Å²) < 4.78 is 39.5. The van der Waals surface area contributed by atoms with Gasteiger partial charge in [-0.3, -0.25) is 4.79 Å². The molecule has 3 saturated heterocycles. The van der Waals surface area contributed by atoms with Gasteiger partial charge in [-0.05, 0) is 19.8 Å². The Kier molecular flexibility index (Phi) is 6.96. The average molecular weight is 404 g/mol. The molecule has 1 N–H and O–H groups in total. The molecule has 8 atom stereocenters. The zero-order chi connectivity index (χ0) is 20.5. The third-order valence-electron chi connectivity index (χ3n) is 5.56. The predicted octanol–water partition coefficient (Wildman–Crippen LogP) is 0.817. The highest BCUT2D eigenvalue weighted by Gasteiger charge is 2.47. The molecular formula is C19H32O9. The highest BCUT2D eigenvalue weighted by Crippen LogP contribution is 2.32. The van der Waals surface area contributed by atoms with Gasteiger partial charge in [0.2, 0.25) is 0 Å². The molecule has 0 unspecified atom stereocenters. The van der Waals surface area contributed by atoms with Crippen LogP contribution < -0.4 is 0 Å². The van der Waals surface area contributed by atoms with Gasteiger partial charge in [-0.15, -0.1) is 0 Å². The molecule has 162 valence electrons. The number of hydrogen-bond donors (Lipinski definition) is 1. The van der Waals surface area contributed by atoms with Gasteiger partial charge in [-0.2, -0.15) is 0 Å². The van der Waals surface area contributed by atoms with E-state index in [-0.39, 0.29) is 31.3 Å². The lowest BCUT2D eigenvalue weighted by Gasteiger charge is -2.39. The van der Waals surface area contributed by atoms with Crippen molar-refractivity contribution in [2.75, 3.05) is 26.6 Å². The van der Waals surface area contributed by atoms with Crippen molar-refractivity contribution in [1.82, 2.24) is 0 Å². The lowest BCUT2D eigenvalue weighted by Crippen LogP contribution is -2.50. The van der Waals surface area contributed by atoms with Crippen LogP contribution in [0.3, 0.4) is 0 Å². The maximum absolute atomic E-state index is 11.5. The van der Waals surface area contributed by atoms with Crippen LogP contribution in [0.25, 0.3) is 0 Å². The Labute approximate surface area is 165 Å². The molecule has 3 heterocycles. The van der Waals surface area contributed by atoms with Crippen LogP contribution in [0.4, 0.5) is 0 Å². The molecule has 0 amide bonds. The summed E-state index contributed by atoms with van der Waals surface area (Å²) in [7, 11) is 0. The quantitative estimate of drug-likeness (QED) is 0.645. The first kappa shape index (κ1) is 21.9. The van der Waals surface area contributed by atoms with Crippen molar-refractivity contribution < 1.29 is 43.1 Å². The van der Waals surface area contributed by atoms with E-state index in [4.69, 9.17) is 33.2 Å². The molecule has 0 spiro atoms. The van der Waals surface area contributed by atoms with Gasteiger partial charge < -0.3 is 38.3 Å². The van der Waals surface area contributed by atoms with E-state index in [1.165, 1.54) is 6.92 Å². The summed E-state index contributed by atoms with van der Waals surface area (Å²) >= 11 is 0. The minimum Gasteiger partial charge on any atom is -0.457 e. The van der Waals surface area contributed by atoms with Crippen molar-refractivity contribution in [3.63, 3.8) is 0 Å². The summed E-state index contributed by atoms with van der Waals surface area (Å²) in [5.74, 6) is -0.780. The number of rotatable bonds is 6. The van der Waals surface area contributed by atoms with E-state index in [0.717, 1.165) is 0 Å². The van der Waals surface area contributed by atoms with Gasteiger partial charge in [0.15, 0.2) is 18.2 Å². The van der Waals surface area contributed by atoms with Crippen LogP contribution in [0.15, 0.2) is 0 Å². The van der Waals surface area contributed by atoms with E-state index in [0.29, 0.717) is 13.2 Å². The predicted molar refractivity (Wildman–Crippen MR) is 95.1 cm³/mol. The van der Waals surface area contributed by atoms with Crippen molar-refractivity contribution in [1.29, 1.82) is 0 Å². The zero-order valence-corrected chi connectivity index (χ0v) is 17.2. The lowest BCUT2D eigenvalue weighted by atomic mass is 9.88. The molecule has 3 rings (SSSR count).